The van der Waals surface area contributed by atoms with Gasteiger partial charge in [0.1, 0.15) is 12.2 Å². The van der Waals surface area contributed by atoms with Gasteiger partial charge in [-0.3, -0.25) is 4.90 Å². The Bertz CT molecular complexity index is 417. The standard InChI is InChI=1S/C15H21NO2/c1-4-16(3)14(13-9-6-5-7-10-13)15(2,18)11-8-12-17/h5-7,9-10,14,17-18H,4,12H2,1-3H3/t14-,15+/m0/s1. The Kier molecular flexibility index (Phi) is 5.36. The van der Waals surface area contributed by atoms with Crippen LogP contribution < -0.4 is 0 Å². The molecule has 3 heteroatoms. The van der Waals surface area contributed by atoms with Crippen molar-refractivity contribution in [2.24, 2.45) is 0 Å². The molecule has 0 saturated heterocycles. The quantitative estimate of drug-likeness (QED) is 0.791. The molecule has 0 amide bonds. The highest BCUT2D eigenvalue weighted by molar-refractivity contribution is 5.28. The molecule has 0 bridgehead atoms. The Hall–Kier alpha value is -1.34. The van der Waals surface area contributed by atoms with Crippen molar-refractivity contribution in [3.8, 4) is 11.8 Å². The predicted molar refractivity (Wildman–Crippen MR) is 73.0 cm³/mol. The minimum Gasteiger partial charge on any atom is -0.384 e. The molecule has 0 radical (unpaired) electrons. The summed E-state index contributed by atoms with van der Waals surface area (Å²) in [7, 11) is 1.95. The van der Waals surface area contributed by atoms with Crippen LogP contribution in [0.4, 0.5) is 0 Å². The van der Waals surface area contributed by atoms with E-state index in [1.807, 2.05) is 49.2 Å². The predicted octanol–water partition coefficient (Wildman–Crippen LogP) is 1.43. The molecule has 18 heavy (non-hydrogen) atoms. The minimum atomic E-state index is -1.20. The van der Waals surface area contributed by atoms with E-state index in [2.05, 4.69) is 11.8 Å². The highest BCUT2D eigenvalue weighted by atomic mass is 16.3. The third-order valence-electron chi connectivity index (χ3n) is 3.01. The first-order valence-electron chi connectivity index (χ1n) is 6.11. The molecule has 0 aliphatic carbocycles. The maximum atomic E-state index is 10.5. The topological polar surface area (TPSA) is 43.7 Å². The van der Waals surface area contributed by atoms with Gasteiger partial charge in [-0.25, -0.2) is 0 Å². The van der Waals surface area contributed by atoms with Crippen molar-refractivity contribution in [2.75, 3.05) is 20.2 Å². The molecule has 2 N–H and O–H groups in total. The molecule has 1 aromatic carbocycles. The monoisotopic (exact) mass is 247 g/mol. The van der Waals surface area contributed by atoms with Gasteiger partial charge in [-0.2, -0.15) is 0 Å². The summed E-state index contributed by atoms with van der Waals surface area (Å²) in [4.78, 5) is 2.04. The molecular weight excluding hydrogens is 226 g/mol. The summed E-state index contributed by atoms with van der Waals surface area (Å²) < 4.78 is 0. The number of rotatable bonds is 4. The lowest BCUT2D eigenvalue weighted by molar-refractivity contribution is 0.0221. The normalized spacial score (nSPS) is 15.7. The van der Waals surface area contributed by atoms with Gasteiger partial charge in [-0.15, -0.1) is 0 Å². The molecule has 2 atom stereocenters. The minimum absolute atomic E-state index is 0.220. The molecule has 0 saturated carbocycles. The number of likely N-dealkylation sites (N-methyl/N-ethyl adjacent to an activating group) is 1. The Morgan fingerprint density at radius 2 is 1.94 bits per heavy atom. The zero-order valence-corrected chi connectivity index (χ0v) is 11.2. The van der Waals surface area contributed by atoms with E-state index in [4.69, 9.17) is 5.11 Å². The van der Waals surface area contributed by atoms with Gasteiger partial charge >= 0.3 is 0 Å². The van der Waals surface area contributed by atoms with Crippen LogP contribution in [-0.2, 0) is 0 Å². The van der Waals surface area contributed by atoms with E-state index in [1.165, 1.54) is 0 Å². The number of aliphatic hydroxyl groups excluding tert-OH is 1. The van der Waals surface area contributed by atoms with Crippen LogP contribution >= 0.6 is 0 Å². The van der Waals surface area contributed by atoms with Crippen molar-refractivity contribution in [3.05, 3.63) is 35.9 Å². The van der Waals surface area contributed by atoms with Gasteiger partial charge < -0.3 is 10.2 Å². The molecular formula is C15H21NO2. The van der Waals surface area contributed by atoms with Crippen LogP contribution in [0.3, 0.4) is 0 Å². The van der Waals surface area contributed by atoms with Crippen LogP contribution in [0, 0.1) is 11.8 Å². The zero-order valence-electron chi connectivity index (χ0n) is 11.2. The molecule has 0 fully saturated rings. The number of hydrogen-bond donors (Lipinski definition) is 2. The first-order valence-corrected chi connectivity index (χ1v) is 6.11. The lowest BCUT2D eigenvalue weighted by atomic mass is 9.89. The van der Waals surface area contributed by atoms with Crippen LogP contribution in [0.15, 0.2) is 30.3 Å². The molecule has 98 valence electrons. The molecule has 0 unspecified atom stereocenters. The third kappa shape index (κ3) is 3.58. The first kappa shape index (κ1) is 14.7. The summed E-state index contributed by atoms with van der Waals surface area (Å²) in [6.45, 7) is 4.27. The highest BCUT2D eigenvalue weighted by Crippen LogP contribution is 2.30. The molecule has 0 aliphatic heterocycles. The zero-order chi connectivity index (χ0) is 13.6. The molecule has 3 nitrogen and oxygen atoms in total. The SMILES string of the molecule is CCN(C)[C@@H](c1ccccc1)[C@](C)(O)C#CCO. The largest absolute Gasteiger partial charge is 0.384 e. The second kappa shape index (κ2) is 6.55. The van der Waals surface area contributed by atoms with Crippen LogP contribution in [0.25, 0.3) is 0 Å². The number of aliphatic hydroxyl groups is 2. The van der Waals surface area contributed by atoms with Crippen LogP contribution in [0.1, 0.15) is 25.5 Å². The van der Waals surface area contributed by atoms with E-state index in [9.17, 15) is 5.11 Å². The number of benzene rings is 1. The fourth-order valence-electron chi connectivity index (χ4n) is 2.11. The fourth-order valence-corrected chi connectivity index (χ4v) is 2.11. The van der Waals surface area contributed by atoms with Gasteiger partial charge in [0.05, 0.1) is 6.04 Å². The number of nitrogens with zero attached hydrogens (tertiary/aromatic N) is 1. The van der Waals surface area contributed by atoms with Gasteiger partial charge in [0, 0.05) is 0 Å². The summed E-state index contributed by atoms with van der Waals surface area (Å²) >= 11 is 0. The molecule has 0 spiro atoms. The Labute approximate surface area is 109 Å². The fraction of sp³-hybridized carbons (Fsp3) is 0.467. The number of hydrogen-bond acceptors (Lipinski definition) is 3. The van der Waals surface area contributed by atoms with Crippen molar-refractivity contribution in [1.29, 1.82) is 0 Å². The molecule has 0 aliphatic rings. The summed E-state index contributed by atoms with van der Waals surface area (Å²) in [5.74, 6) is 5.28. The molecule has 1 aromatic rings. The van der Waals surface area contributed by atoms with Crippen molar-refractivity contribution in [1.82, 2.24) is 4.90 Å². The van der Waals surface area contributed by atoms with E-state index in [1.54, 1.807) is 6.92 Å². The van der Waals surface area contributed by atoms with E-state index in [0.717, 1.165) is 12.1 Å². The molecule has 0 heterocycles. The van der Waals surface area contributed by atoms with Crippen molar-refractivity contribution < 1.29 is 10.2 Å². The summed E-state index contributed by atoms with van der Waals surface area (Å²) in [5, 5.41) is 19.3. The maximum Gasteiger partial charge on any atom is 0.142 e. The van der Waals surface area contributed by atoms with Crippen molar-refractivity contribution >= 4 is 0 Å². The second-order valence-electron chi connectivity index (χ2n) is 4.49. The van der Waals surface area contributed by atoms with E-state index in [0.29, 0.717) is 0 Å². The lowest BCUT2D eigenvalue weighted by Gasteiger charge is -2.35. The second-order valence-corrected chi connectivity index (χ2v) is 4.49. The maximum absolute atomic E-state index is 10.5. The van der Waals surface area contributed by atoms with Gasteiger partial charge in [0.2, 0.25) is 0 Å². The summed E-state index contributed by atoms with van der Waals surface area (Å²) in [5.41, 5.74) is -0.187. The van der Waals surface area contributed by atoms with E-state index in [-0.39, 0.29) is 12.6 Å². The third-order valence-corrected chi connectivity index (χ3v) is 3.01. The van der Waals surface area contributed by atoms with Gasteiger partial charge in [0.15, 0.2) is 0 Å². The lowest BCUT2D eigenvalue weighted by Crippen LogP contribution is -2.41. The van der Waals surface area contributed by atoms with Gasteiger partial charge in [-0.05, 0) is 26.1 Å². The van der Waals surface area contributed by atoms with Crippen LogP contribution in [-0.4, -0.2) is 40.9 Å². The first-order chi connectivity index (χ1) is 8.53. The van der Waals surface area contributed by atoms with E-state index < -0.39 is 5.60 Å². The summed E-state index contributed by atoms with van der Waals surface area (Å²) in [6.07, 6.45) is 0. The van der Waals surface area contributed by atoms with E-state index >= 15 is 0 Å². The van der Waals surface area contributed by atoms with Crippen LogP contribution in [0.5, 0.6) is 0 Å². The Balaban J connectivity index is 3.14. The molecule has 0 aromatic heterocycles. The molecule has 1 rings (SSSR count). The van der Waals surface area contributed by atoms with Gasteiger partial charge in [0.25, 0.3) is 0 Å². The average Bonchev–Trinajstić information content (AvgIpc) is 2.37. The van der Waals surface area contributed by atoms with Gasteiger partial charge in [-0.1, -0.05) is 49.1 Å². The summed E-state index contributed by atoms with van der Waals surface area (Å²) in [6, 6.07) is 9.57. The van der Waals surface area contributed by atoms with Crippen molar-refractivity contribution in [2.45, 2.75) is 25.5 Å². The Morgan fingerprint density at radius 3 is 2.44 bits per heavy atom. The van der Waals surface area contributed by atoms with Crippen molar-refractivity contribution in [3.63, 3.8) is 0 Å². The average molecular weight is 247 g/mol. The Morgan fingerprint density at radius 1 is 1.33 bits per heavy atom. The highest BCUT2D eigenvalue weighted by Gasteiger charge is 2.33. The smallest absolute Gasteiger partial charge is 0.142 e. The van der Waals surface area contributed by atoms with Crippen LogP contribution in [0.2, 0.25) is 0 Å².